The fraction of sp³-hybridized carbons (Fsp3) is 0.333. The van der Waals surface area contributed by atoms with E-state index in [0.717, 1.165) is 18.2 Å². The summed E-state index contributed by atoms with van der Waals surface area (Å²) in [5, 5.41) is 8.85. The molecule has 0 aromatic heterocycles. The van der Waals surface area contributed by atoms with Gasteiger partial charge in [0.1, 0.15) is 11.6 Å². The summed E-state index contributed by atoms with van der Waals surface area (Å²) in [6, 6.07) is 2.99. The van der Waals surface area contributed by atoms with Crippen molar-refractivity contribution in [2.75, 3.05) is 6.61 Å². The zero-order valence-corrected chi connectivity index (χ0v) is 7.22. The summed E-state index contributed by atoms with van der Waals surface area (Å²) in [6.45, 7) is 0.998. The van der Waals surface area contributed by atoms with Gasteiger partial charge in [0.2, 0.25) is 0 Å². The number of aliphatic hydroxyl groups excluding tert-OH is 1. The molecule has 0 heterocycles. The van der Waals surface area contributed by atoms with E-state index in [4.69, 9.17) is 10.8 Å². The van der Waals surface area contributed by atoms with Gasteiger partial charge in [-0.05, 0) is 25.1 Å². The van der Waals surface area contributed by atoms with Crippen molar-refractivity contribution >= 4 is 0 Å². The SMILES string of the molecule is CC(N)(CO)c1cc(F)ccc1F. The number of hydrogen-bond donors (Lipinski definition) is 2. The molecule has 0 aliphatic rings. The summed E-state index contributed by atoms with van der Waals surface area (Å²) < 4.78 is 25.8. The quantitative estimate of drug-likeness (QED) is 0.729. The van der Waals surface area contributed by atoms with Crippen LogP contribution in [0.1, 0.15) is 12.5 Å². The molecule has 0 aliphatic heterocycles. The van der Waals surface area contributed by atoms with Crippen LogP contribution in [0.25, 0.3) is 0 Å². The highest BCUT2D eigenvalue weighted by molar-refractivity contribution is 5.25. The first-order valence-electron chi connectivity index (χ1n) is 3.82. The Bertz CT molecular complexity index is 312. The summed E-state index contributed by atoms with van der Waals surface area (Å²) in [5.74, 6) is -1.18. The van der Waals surface area contributed by atoms with E-state index in [1.165, 1.54) is 6.92 Å². The Hall–Kier alpha value is -1.00. The van der Waals surface area contributed by atoms with Crippen molar-refractivity contribution in [1.29, 1.82) is 0 Å². The van der Waals surface area contributed by atoms with E-state index in [0.29, 0.717) is 0 Å². The highest BCUT2D eigenvalue weighted by Gasteiger charge is 2.24. The average molecular weight is 187 g/mol. The van der Waals surface area contributed by atoms with Gasteiger partial charge in [0.05, 0.1) is 12.1 Å². The van der Waals surface area contributed by atoms with Crippen LogP contribution in [-0.2, 0) is 5.54 Å². The Morgan fingerprint density at radius 3 is 2.62 bits per heavy atom. The van der Waals surface area contributed by atoms with Crippen LogP contribution < -0.4 is 5.73 Å². The maximum atomic E-state index is 13.1. The van der Waals surface area contributed by atoms with E-state index < -0.39 is 23.8 Å². The van der Waals surface area contributed by atoms with Crippen molar-refractivity contribution in [3.8, 4) is 0 Å². The van der Waals surface area contributed by atoms with Gasteiger partial charge >= 0.3 is 0 Å². The minimum absolute atomic E-state index is 0.0185. The molecule has 3 N–H and O–H groups in total. The smallest absolute Gasteiger partial charge is 0.128 e. The fourth-order valence-corrected chi connectivity index (χ4v) is 1.02. The van der Waals surface area contributed by atoms with Crippen LogP contribution in [-0.4, -0.2) is 11.7 Å². The average Bonchev–Trinajstić information content (AvgIpc) is 2.09. The largest absolute Gasteiger partial charge is 0.394 e. The molecule has 0 amide bonds. The number of aliphatic hydroxyl groups is 1. The molecule has 0 bridgehead atoms. The molecule has 0 radical (unpaired) electrons. The standard InChI is InChI=1S/C9H11F2NO/c1-9(12,5-13)7-4-6(10)2-3-8(7)11/h2-4,13H,5,12H2,1H3. The lowest BCUT2D eigenvalue weighted by atomic mass is 9.94. The molecule has 0 aliphatic carbocycles. The van der Waals surface area contributed by atoms with Gasteiger partial charge in [-0.2, -0.15) is 0 Å². The zero-order valence-electron chi connectivity index (χ0n) is 7.22. The molecule has 4 heteroatoms. The van der Waals surface area contributed by atoms with Gasteiger partial charge in [-0.1, -0.05) is 0 Å². The predicted octanol–water partition coefficient (Wildman–Crippen LogP) is 1.13. The van der Waals surface area contributed by atoms with Crippen LogP contribution in [0.15, 0.2) is 18.2 Å². The van der Waals surface area contributed by atoms with Crippen LogP contribution in [0.5, 0.6) is 0 Å². The van der Waals surface area contributed by atoms with Crippen molar-refractivity contribution in [2.45, 2.75) is 12.5 Å². The monoisotopic (exact) mass is 187 g/mol. The number of benzene rings is 1. The second-order valence-corrected chi connectivity index (χ2v) is 3.20. The molecule has 0 spiro atoms. The molecule has 1 aromatic carbocycles. The molecular formula is C9H11F2NO. The van der Waals surface area contributed by atoms with Crippen LogP contribution in [0.3, 0.4) is 0 Å². The second kappa shape index (κ2) is 3.40. The van der Waals surface area contributed by atoms with E-state index >= 15 is 0 Å². The molecule has 0 fully saturated rings. The van der Waals surface area contributed by atoms with Crippen LogP contribution in [0, 0.1) is 11.6 Å². The Morgan fingerprint density at radius 1 is 1.46 bits per heavy atom. The normalized spacial score (nSPS) is 15.5. The summed E-state index contributed by atoms with van der Waals surface area (Å²) in [7, 11) is 0. The topological polar surface area (TPSA) is 46.2 Å². The fourth-order valence-electron chi connectivity index (χ4n) is 1.02. The van der Waals surface area contributed by atoms with Gasteiger partial charge < -0.3 is 10.8 Å². The Labute approximate surface area is 75.0 Å². The van der Waals surface area contributed by atoms with Gasteiger partial charge in [-0.3, -0.25) is 0 Å². The van der Waals surface area contributed by atoms with Gasteiger partial charge in [0.25, 0.3) is 0 Å². The molecule has 1 atom stereocenters. The van der Waals surface area contributed by atoms with E-state index in [9.17, 15) is 8.78 Å². The van der Waals surface area contributed by atoms with Crippen LogP contribution in [0.4, 0.5) is 8.78 Å². The van der Waals surface area contributed by atoms with Crippen molar-refractivity contribution < 1.29 is 13.9 Å². The molecule has 13 heavy (non-hydrogen) atoms. The van der Waals surface area contributed by atoms with Gasteiger partial charge in [-0.25, -0.2) is 8.78 Å². The highest BCUT2D eigenvalue weighted by atomic mass is 19.1. The van der Waals surface area contributed by atoms with Crippen LogP contribution >= 0.6 is 0 Å². The second-order valence-electron chi connectivity index (χ2n) is 3.20. The highest BCUT2D eigenvalue weighted by Crippen LogP contribution is 2.21. The van der Waals surface area contributed by atoms with Crippen molar-refractivity contribution in [2.24, 2.45) is 5.73 Å². The number of nitrogens with two attached hydrogens (primary N) is 1. The third-order valence-corrected chi connectivity index (χ3v) is 1.87. The van der Waals surface area contributed by atoms with E-state index in [2.05, 4.69) is 0 Å². The molecule has 72 valence electrons. The first kappa shape index (κ1) is 10.1. The molecule has 2 nitrogen and oxygen atoms in total. The predicted molar refractivity (Wildman–Crippen MR) is 45.0 cm³/mol. The summed E-state index contributed by atoms with van der Waals surface area (Å²) in [6.07, 6.45) is 0. The van der Waals surface area contributed by atoms with Crippen molar-refractivity contribution in [3.05, 3.63) is 35.4 Å². The minimum atomic E-state index is -1.24. The maximum absolute atomic E-state index is 13.1. The van der Waals surface area contributed by atoms with E-state index in [-0.39, 0.29) is 5.56 Å². The lowest BCUT2D eigenvalue weighted by Gasteiger charge is -2.22. The zero-order chi connectivity index (χ0) is 10.1. The molecule has 1 aromatic rings. The maximum Gasteiger partial charge on any atom is 0.128 e. The lowest BCUT2D eigenvalue weighted by molar-refractivity contribution is 0.206. The summed E-state index contributed by atoms with van der Waals surface area (Å²) in [5.41, 5.74) is 4.29. The summed E-state index contributed by atoms with van der Waals surface area (Å²) in [4.78, 5) is 0. The Balaban J connectivity index is 3.20. The summed E-state index contributed by atoms with van der Waals surface area (Å²) >= 11 is 0. The van der Waals surface area contributed by atoms with Gasteiger partial charge in [0, 0.05) is 5.56 Å². The number of hydrogen-bond acceptors (Lipinski definition) is 2. The Kier molecular flexibility index (Phi) is 2.63. The molecule has 0 saturated heterocycles. The first-order valence-corrected chi connectivity index (χ1v) is 3.82. The minimum Gasteiger partial charge on any atom is -0.394 e. The van der Waals surface area contributed by atoms with Crippen molar-refractivity contribution in [1.82, 2.24) is 0 Å². The van der Waals surface area contributed by atoms with E-state index in [1.807, 2.05) is 0 Å². The van der Waals surface area contributed by atoms with Crippen LogP contribution in [0.2, 0.25) is 0 Å². The van der Waals surface area contributed by atoms with Gasteiger partial charge in [-0.15, -0.1) is 0 Å². The molecular weight excluding hydrogens is 176 g/mol. The lowest BCUT2D eigenvalue weighted by Crippen LogP contribution is -2.38. The first-order chi connectivity index (χ1) is 5.97. The number of rotatable bonds is 2. The Morgan fingerprint density at radius 2 is 2.08 bits per heavy atom. The van der Waals surface area contributed by atoms with Gasteiger partial charge in [0.15, 0.2) is 0 Å². The van der Waals surface area contributed by atoms with Crippen molar-refractivity contribution in [3.63, 3.8) is 0 Å². The van der Waals surface area contributed by atoms with E-state index in [1.54, 1.807) is 0 Å². The third kappa shape index (κ3) is 2.02. The number of halogens is 2. The third-order valence-electron chi connectivity index (χ3n) is 1.87. The molecule has 0 saturated carbocycles. The molecule has 1 rings (SSSR count). The molecule has 1 unspecified atom stereocenters.